The van der Waals surface area contributed by atoms with Gasteiger partial charge in [-0.3, -0.25) is 0 Å². The number of halogens is 1. The highest BCUT2D eigenvalue weighted by atomic mass is 32.2. The van der Waals surface area contributed by atoms with Crippen LogP contribution < -0.4 is 4.74 Å². The summed E-state index contributed by atoms with van der Waals surface area (Å²) in [4.78, 5) is 3.97. The molecule has 1 aromatic rings. The van der Waals surface area contributed by atoms with Gasteiger partial charge in [0, 0.05) is 12.1 Å². The summed E-state index contributed by atoms with van der Waals surface area (Å²) < 4.78 is 32.9. The summed E-state index contributed by atoms with van der Waals surface area (Å²) in [6.45, 7) is 6.58. The van der Waals surface area contributed by atoms with Gasteiger partial charge in [-0.25, -0.2) is 17.9 Å². The molecule has 112 valence electrons. The van der Waals surface area contributed by atoms with Gasteiger partial charge in [0.05, 0.1) is 24.1 Å². The third-order valence-electron chi connectivity index (χ3n) is 3.34. The van der Waals surface area contributed by atoms with Crippen molar-refractivity contribution in [2.45, 2.75) is 44.4 Å². The fourth-order valence-corrected chi connectivity index (χ4v) is 3.90. The highest BCUT2D eigenvalue weighted by Crippen LogP contribution is 2.39. The van der Waals surface area contributed by atoms with Crippen LogP contribution in [0.5, 0.6) is 5.88 Å². The maximum atomic E-state index is 13.5. The second-order valence-corrected chi connectivity index (χ2v) is 8.10. The van der Waals surface area contributed by atoms with Gasteiger partial charge in [-0.05, 0) is 39.7 Å². The molecule has 20 heavy (non-hydrogen) atoms. The lowest BCUT2D eigenvalue weighted by atomic mass is 10.1. The minimum absolute atomic E-state index is 0.104. The third-order valence-corrected chi connectivity index (χ3v) is 5.25. The Balaban J connectivity index is 2.36. The second-order valence-electron chi connectivity index (χ2n) is 5.91. The topological polar surface area (TPSA) is 42.4 Å². The fraction of sp³-hybridized carbons (Fsp3) is 0.643. The normalized spacial score (nSPS) is 21.9. The highest BCUT2D eigenvalue weighted by Gasteiger charge is 2.37. The summed E-state index contributed by atoms with van der Waals surface area (Å²) in [5.74, 6) is 0.0170. The van der Waals surface area contributed by atoms with E-state index >= 15 is 0 Å². The average Bonchev–Trinajstić information content (AvgIpc) is 2.85. The van der Waals surface area contributed by atoms with E-state index < -0.39 is 16.8 Å². The summed E-state index contributed by atoms with van der Waals surface area (Å²) in [5, 5.41) is 0. The molecular weight excluding hydrogens is 279 g/mol. The summed E-state index contributed by atoms with van der Waals surface area (Å²) >= 11 is 0. The number of rotatable bonds is 3. The van der Waals surface area contributed by atoms with Gasteiger partial charge in [-0.2, -0.15) is 0 Å². The first-order valence-electron chi connectivity index (χ1n) is 6.72. The van der Waals surface area contributed by atoms with Crippen molar-refractivity contribution < 1.29 is 13.3 Å². The van der Waals surface area contributed by atoms with Crippen molar-refractivity contribution in [1.29, 1.82) is 0 Å². The van der Waals surface area contributed by atoms with Crippen LogP contribution >= 0.6 is 0 Å². The Morgan fingerprint density at radius 2 is 2.20 bits per heavy atom. The quantitative estimate of drug-likeness (QED) is 0.862. The Labute approximate surface area is 121 Å². The second kappa shape index (κ2) is 5.77. The molecule has 0 unspecified atom stereocenters. The molecule has 6 heteroatoms. The number of nitrogens with zero attached hydrogens (tertiary/aromatic N) is 2. The van der Waals surface area contributed by atoms with E-state index in [9.17, 15) is 8.60 Å². The van der Waals surface area contributed by atoms with Crippen LogP contribution in [0.4, 0.5) is 4.39 Å². The van der Waals surface area contributed by atoms with E-state index in [1.54, 1.807) is 0 Å². The maximum Gasteiger partial charge on any atom is 0.218 e. The van der Waals surface area contributed by atoms with Crippen LogP contribution in [0.1, 0.15) is 45.2 Å². The zero-order chi connectivity index (χ0) is 14.9. The van der Waals surface area contributed by atoms with Gasteiger partial charge in [0.2, 0.25) is 5.88 Å². The monoisotopic (exact) mass is 300 g/mol. The van der Waals surface area contributed by atoms with Crippen molar-refractivity contribution in [3.63, 3.8) is 0 Å². The molecular formula is C14H21FN2O2S. The molecule has 1 aromatic heterocycles. The molecule has 2 rings (SSSR count). The lowest BCUT2D eigenvalue weighted by Crippen LogP contribution is -2.37. The summed E-state index contributed by atoms with van der Waals surface area (Å²) in [6.07, 6.45) is 2.91. The number of hydrogen-bond acceptors (Lipinski definition) is 3. The van der Waals surface area contributed by atoms with Crippen LogP contribution in [-0.4, -0.2) is 31.9 Å². The van der Waals surface area contributed by atoms with Gasteiger partial charge in [0.15, 0.2) is 0 Å². The molecule has 2 heterocycles. The molecule has 0 aliphatic carbocycles. The maximum absolute atomic E-state index is 13.5. The number of aromatic nitrogens is 1. The Bertz CT molecular complexity index is 516. The molecule has 0 aromatic carbocycles. The van der Waals surface area contributed by atoms with Crippen LogP contribution in [0, 0.1) is 5.82 Å². The Morgan fingerprint density at radius 1 is 1.50 bits per heavy atom. The number of pyridine rings is 1. The molecule has 0 amide bonds. The lowest BCUT2D eigenvalue weighted by Gasteiger charge is -2.30. The Hall–Kier alpha value is -1.01. The van der Waals surface area contributed by atoms with Gasteiger partial charge in [0.25, 0.3) is 0 Å². The number of methoxy groups -OCH3 is 1. The molecule has 0 bridgehead atoms. The Morgan fingerprint density at radius 3 is 2.80 bits per heavy atom. The fourth-order valence-electron chi connectivity index (χ4n) is 2.45. The largest absolute Gasteiger partial charge is 0.481 e. The van der Waals surface area contributed by atoms with Crippen molar-refractivity contribution in [2.75, 3.05) is 13.7 Å². The molecule has 4 nitrogen and oxygen atoms in total. The molecule has 0 radical (unpaired) electrons. The minimum atomic E-state index is -1.13. The van der Waals surface area contributed by atoms with E-state index in [4.69, 9.17) is 4.74 Å². The number of hydrogen-bond donors (Lipinski definition) is 0. The van der Waals surface area contributed by atoms with Gasteiger partial charge >= 0.3 is 0 Å². The van der Waals surface area contributed by atoms with Crippen LogP contribution in [0.2, 0.25) is 0 Å². The van der Waals surface area contributed by atoms with Gasteiger partial charge in [-0.15, -0.1) is 0 Å². The van der Waals surface area contributed by atoms with Gasteiger partial charge < -0.3 is 4.74 Å². The van der Waals surface area contributed by atoms with Gasteiger partial charge in [0.1, 0.15) is 16.8 Å². The number of ether oxygens (including phenoxy) is 1. The lowest BCUT2D eigenvalue weighted by molar-refractivity contribution is 0.360. The standard InChI is InChI=1S/C14H21FN2O2S/c1-14(2,3)20(18)17-7-5-6-12(17)11-8-10(15)9-16-13(11)19-4/h8-9,12H,5-7H2,1-4H3/t12-,20-/m1/s1. The van der Waals surface area contributed by atoms with Gasteiger partial charge in [-0.1, -0.05) is 0 Å². The zero-order valence-corrected chi connectivity index (χ0v) is 13.2. The van der Waals surface area contributed by atoms with Crippen LogP contribution in [0.3, 0.4) is 0 Å². The van der Waals surface area contributed by atoms with E-state index in [1.165, 1.54) is 13.2 Å². The predicted octanol–water partition coefficient (Wildman–Crippen LogP) is 2.83. The molecule has 1 aliphatic rings. The van der Waals surface area contributed by atoms with Crippen molar-refractivity contribution in [2.24, 2.45) is 0 Å². The molecule has 1 aliphatic heterocycles. The SMILES string of the molecule is COc1ncc(F)cc1[C@H]1CCCN1[S@](=O)C(C)(C)C. The minimum Gasteiger partial charge on any atom is -0.481 e. The molecule has 2 atom stereocenters. The van der Waals surface area contributed by atoms with E-state index in [0.29, 0.717) is 11.4 Å². The molecule has 1 fully saturated rings. The average molecular weight is 300 g/mol. The van der Waals surface area contributed by atoms with Crippen LogP contribution in [-0.2, 0) is 11.0 Å². The van der Waals surface area contributed by atoms with E-state index in [2.05, 4.69) is 4.98 Å². The predicted molar refractivity (Wildman–Crippen MR) is 77.3 cm³/mol. The summed E-state index contributed by atoms with van der Waals surface area (Å²) in [7, 11) is 0.385. The van der Waals surface area contributed by atoms with Crippen molar-refractivity contribution >= 4 is 11.0 Å². The first-order valence-corrected chi connectivity index (χ1v) is 7.83. The van der Waals surface area contributed by atoms with Crippen molar-refractivity contribution in [3.8, 4) is 5.88 Å². The molecule has 0 saturated carbocycles. The third kappa shape index (κ3) is 3.01. The Kier molecular flexibility index (Phi) is 4.44. The highest BCUT2D eigenvalue weighted by molar-refractivity contribution is 7.84. The van der Waals surface area contributed by atoms with Crippen molar-refractivity contribution in [3.05, 3.63) is 23.6 Å². The zero-order valence-electron chi connectivity index (χ0n) is 12.4. The van der Waals surface area contributed by atoms with E-state index in [-0.39, 0.29) is 10.8 Å². The summed E-state index contributed by atoms with van der Waals surface area (Å²) in [6, 6.07) is 1.34. The van der Waals surface area contributed by atoms with Crippen LogP contribution in [0.15, 0.2) is 12.3 Å². The van der Waals surface area contributed by atoms with E-state index in [1.807, 2.05) is 25.1 Å². The van der Waals surface area contributed by atoms with Crippen molar-refractivity contribution in [1.82, 2.24) is 9.29 Å². The smallest absolute Gasteiger partial charge is 0.218 e. The first-order chi connectivity index (χ1) is 9.34. The summed E-state index contributed by atoms with van der Waals surface area (Å²) in [5.41, 5.74) is 0.683. The van der Waals surface area contributed by atoms with Crippen LogP contribution in [0.25, 0.3) is 0 Å². The van der Waals surface area contributed by atoms with E-state index in [0.717, 1.165) is 25.6 Å². The first kappa shape index (κ1) is 15.4. The molecule has 0 spiro atoms. The molecule has 1 saturated heterocycles. The molecule has 0 N–H and O–H groups in total.